The third kappa shape index (κ3) is 5.54. The van der Waals surface area contributed by atoms with Gasteiger partial charge in [0.25, 0.3) is 0 Å². The fraction of sp³-hybridized carbons (Fsp3) is 0.381. The van der Waals surface area contributed by atoms with Crippen LogP contribution in [0.3, 0.4) is 0 Å². The molecule has 0 N–H and O–H groups in total. The van der Waals surface area contributed by atoms with E-state index in [0.29, 0.717) is 18.9 Å². The van der Waals surface area contributed by atoms with Crippen molar-refractivity contribution in [2.45, 2.75) is 38.8 Å². The van der Waals surface area contributed by atoms with Crippen molar-refractivity contribution < 1.29 is 14.3 Å². The number of pyridine rings is 2. The predicted octanol–water partition coefficient (Wildman–Crippen LogP) is 4.04. The first-order valence-corrected chi connectivity index (χ1v) is 9.06. The van der Waals surface area contributed by atoms with E-state index in [1.54, 1.807) is 29.7 Å². The molecule has 1 fully saturated rings. The second-order valence-corrected chi connectivity index (χ2v) is 7.50. The van der Waals surface area contributed by atoms with Gasteiger partial charge in [0.2, 0.25) is 0 Å². The van der Waals surface area contributed by atoms with Gasteiger partial charge in [-0.3, -0.25) is 9.97 Å². The summed E-state index contributed by atoms with van der Waals surface area (Å²) >= 11 is 0. The van der Waals surface area contributed by atoms with Gasteiger partial charge in [-0.05, 0) is 56.5 Å². The molecule has 6 heteroatoms. The van der Waals surface area contributed by atoms with Crippen LogP contribution < -0.4 is 4.74 Å². The minimum absolute atomic E-state index is 0.0378. The van der Waals surface area contributed by atoms with Crippen LogP contribution in [0.1, 0.15) is 38.3 Å². The quantitative estimate of drug-likeness (QED) is 0.798. The Morgan fingerprint density at radius 2 is 1.93 bits per heavy atom. The summed E-state index contributed by atoms with van der Waals surface area (Å²) in [6.45, 7) is 6.74. The number of likely N-dealkylation sites (tertiary alicyclic amines) is 1. The van der Waals surface area contributed by atoms with E-state index in [1.165, 1.54) is 0 Å². The number of carbonyl (C=O) groups excluding carboxylic acids is 1. The molecule has 2 aromatic rings. The molecule has 0 aromatic carbocycles. The van der Waals surface area contributed by atoms with Gasteiger partial charge in [-0.1, -0.05) is 12.2 Å². The fourth-order valence-corrected chi connectivity index (χ4v) is 2.64. The van der Waals surface area contributed by atoms with Crippen LogP contribution in [-0.2, 0) is 4.74 Å². The standard InChI is InChI=1S/C21H25N3O3/c1-21(2,3)27-20(25)24-11-8-18(24)15-26-19-12-17(13-23-14-19)5-4-16-6-9-22-10-7-16/h4-7,9-10,12-14,18H,8,11,15H2,1-3H3/t18-/m0/s1. The lowest BCUT2D eigenvalue weighted by Crippen LogP contribution is -2.55. The molecule has 6 nitrogen and oxygen atoms in total. The van der Waals surface area contributed by atoms with E-state index < -0.39 is 5.60 Å². The van der Waals surface area contributed by atoms with Gasteiger partial charge in [0.15, 0.2) is 0 Å². The predicted molar refractivity (Wildman–Crippen MR) is 104 cm³/mol. The SMILES string of the molecule is CC(C)(C)OC(=O)N1CC[C@H]1COc1cncc(C=Cc2ccncc2)c1. The molecule has 3 heterocycles. The first kappa shape index (κ1) is 18.9. The number of rotatable bonds is 5. The van der Waals surface area contributed by atoms with E-state index in [2.05, 4.69) is 9.97 Å². The average Bonchev–Trinajstić information content (AvgIpc) is 2.59. The first-order chi connectivity index (χ1) is 12.9. The molecule has 0 radical (unpaired) electrons. The van der Waals surface area contributed by atoms with Crippen LogP contribution in [0.2, 0.25) is 0 Å². The third-order valence-electron chi connectivity index (χ3n) is 4.12. The van der Waals surface area contributed by atoms with Crippen LogP contribution in [0.15, 0.2) is 43.0 Å². The largest absolute Gasteiger partial charge is 0.490 e. The Morgan fingerprint density at radius 1 is 1.19 bits per heavy atom. The highest BCUT2D eigenvalue weighted by Crippen LogP contribution is 2.23. The Bertz CT molecular complexity index is 800. The first-order valence-electron chi connectivity index (χ1n) is 9.06. The second-order valence-electron chi connectivity index (χ2n) is 7.50. The van der Waals surface area contributed by atoms with E-state index in [-0.39, 0.29) is 12.1 Å². The van der Waals surface area contributed by atoms with Crippen LogP contribution >= 0.6 is 0 Å². The summed E-state index contributed by atoms with van der Waals surface area (Å²) in [7, 11) is 0. The molecule has 1 aliphatic rings. The maximum absolute atomic E-state index is 12.2. The number of amides is 1. The summed E-state index contributed by atoms with van der Waals surface area (Å²) in [6.07, 6.45) is 11.6. The molecule has 0 unspecified atom stereocenters. The van der Waals surface area contributed by atoms with Crippen molar-refractivity contribution in [2.24, 2.45) is 0 Å². The number of hydrogen-bond acceptors (Lipinski definition) is 5. The molecule has 1 aliphatic heterocycles. The highest BCUT2D eigenvalue weighted by molar-refractivity contribution is 5.70. The number of carbonyl (C=O) groups is 1. The van der Waals surface area contributed by atoms with Gasteiger partial charge in [0.1, 0.15) is 18.0 Å². The minimum Gasteiger partial charge on any atom is -0.490 e. The Kier molecular flexibility index (Phi) is 5.74. The Morgan fingerprint density at radius 3 is 2.59 bits per heavy atom. The van der Waals surface area contributed by atoms with Gasteiger partial charge in [-0.2, -0.15) is 0 Å². The molecule has 3 rings (SSSR count). The van der Waals surface area contributed by atoms with Gasteiger partial charge in [0, 0.05) is 25.1 Å². The molecule has 2 aromatic heterocycles. The summed E-state index contributed by atoms with van der Waals surface area (Å²) in [5, 5.41) is 0. The third-order valence-corrected chi connectivity index (χ3v) is 4.12. The van der Waals surface area contributed by atoms with Crippen molar-refractivity contribution in [3.05, 3.63) is 54.1 Å². The van der Waals surface area contributed by atoms with Crippen molar-refractivity contribution in [1.82, 2.24) is 14.9 Å². The number of hydrogen-bond donors (Lipinski definition) is 0. The van der Waals surface area contributed by atoms with Crippen molar-refractivity contribution in [3.8, 4) is 5.75 Å². The molecule has 0 spiro atoms. The van der Waals surface area contributed by atoms with E-state index in [4.69, 9.17) is 9.47 Å². The van der Waals surface area contributed by atoms with Crippen LogP contribution in [0.4, 0.5) is 4.79 Å². The summed E-state index contributed by atoms with van der Waals surface area (Å²) < 4.78 is 11.3. The molecule has 1 saturated heterocycles. The van der Waals surface area contributed by atoms with Crippen LogP contribution in [0.25, 0.3) is 12.2 Å². The van der Waals surface area contributed by atoms with Crippen LogP contribution in [0, 0.1) is 0 Å². The topological polar surface area (TPSA) is 64.5 Å². The van der Waals surface area contributed by atoms with Crippen LogP contribution in [-0.4, -0.2) is 45.8 Å². The number of nitrogens with zero attached hydrogens (tertiary/aromatic N) is 3. The normalized spacial score (nSPS) is 16.9. The van der Waals surface area contributed by atoms with E-state index in [1.807, 2.05) is 51.1 Å². The Balaban J connectivity index is 1.54. The molecule has 0 bridgehead atoms. The molecule has 1 atom stereocenters. The molecular weight excluding hydrogens is 342 g/mol. The van der Waals surface area contributed by atoms with E-state index >= 15 is 0 Å². The Hall–Kier alpha value is -2.89. The molecule has 27 heavy (non-hydrogen) atoms. The zero-order valence-electron chi connectivity index (χ0n) is 16.0. The molecule has 0 aliphatic carbocycles. The van der Waals surface area contributed by atoms with Gasteiger partial charge in [-0.25, -0.2) is 4.79 Å². The second kappa shape index (κ2) is 8.20. The van der Waals surface area contributed by atoms with Gasteiger partial charge in [0.05, 0.1) is 12.2 Å². The summed E-state index contributed by atoms with van der Waals surface area (Å²) in [4.78, 5) is 22.1. The van der Waals surface area contributed by atoms with Crippen molar-refractivity contribution >= 4 is 18.2 Å². The average molecular weight is 367 g/mol. The monoisotopic (exact) mass is 367 g/mol. The molecule has 1 amide bonds. The summed E-state index contributed by atoms with van der Waals surface area (Å²) in [5.41, 5.74) is 1.53. The molecule has 142 valence electrons. The van der Waals surface area contributed by atoms with Crippen molar-refractivity contribution in [2.75, 3.05) is 13.2 Å². The zero-order chi connectivity index (χ0) is 19.3. The molecule has 0 saturated carbocycles. The lowest BCUT2D eigenvalue weighted by atomic mass is 10.1. The van der Waals surface area contributed by atoms with Gasteiger partial charge in [-0.15, -0.1) is 0 Å². The van der Waals surface area contributed by atoms with Gasteiger partial charge < -0.3 is 14.4 Å². The maximum atomic E-state index is 12.2. The Labute approximate surface area is 159 Å². The highest BCUT2D eigenvalue weighted by atomic mass is 16.6. The summed E-state index contributed by atoms with van der Waals surface area (Å²) in [6, 6.07) is 5.84. The van der Waals surface area contributed by atoms with Crippen LogP contribution in [0.5, 0.6) is 5.75 Å². The number of ether oxygens (including phenoxy) is 2. The zero-order valence-corrected chi connectivity index (χ0v) is 16.0. The summed E-state index contributed by atoms with van der Waals surface area (Å²) in [5.74, 6) is 0.683. The highest BCUT2D eigenvalue weighted by Gasteiger charge is 2.35. The smallest absolute Gasteiger partial charge is 0.410 e. The number of aromatic nitrogens is 2. The van der Waals surface area contributed by atoms with E-state index in [9.17, 15) is 4.79 Å². The van der Waals surface area contributed by atoms with Gasteiger partial charge >= 0.3 is 6.09 Å². The maximum Gasteiger partial charge on any atom is 0.410 e. The molecular formula is C21H25N3O3. The minimum atomic E-state index is -0.489. The van der Waals surface area contributed by atoms with Crippen molar-refractivity contribution in [3.63, 3.8) is 0 Å². The van der Waals surface area contributed by atoms with Crippen molar-refractivity contribution in [1.29, 1.82) is 0 Å². The lowest BCUT2D eigenvalue weighted by molar-refractivity contribution is -0.0141. The lowest BCUT2D eigenvalue weighted by Gasteiger charge is -2.40. The fourth-order valence-electron chi connectivity index (χ4n) is 2.64. The van der Waals surface area contributed by atoms with E-state index in [0.717, 1.165) is 17.5 Å².